The van der Waals surface area contributed by atoms with Crippen LogP contribution in [0.15, 0.2) is 23.2 Å². The molecule has 1 aromatic rings. The lowest BCUT2D eigenvalue weighted by Crippen LogP contribution is -2.38. The Bertz CT molecular complexity index is 501. The van der Waals surface area contributed by atoms with Crippen LogP contribution in [-0.2, 0) is 6.54 Å². The molecule has 0 aliphatic heterocycles. The van der Waals surface area contributed by atoms with Crippen molar-refractivity contribution in [3.05, 3.63) is 23.8 Å². The highest BCUT2D eigenvalue weighted by molar-refractivity contribution is 5.78. The number of benzene rings is 1. The molecule has 1 aromatic carbocycles. The van der Waals surface area contributed by atoms with Gasteiger partial charge in [-0.1, -0.05) is 38.8 Å². The highest BCUT2D eigenvalue weighted by atomic mass is 16.5. The molecule has 0 aliphatic rings. The number of guanidine groups is 1. The summed E-state index contributed by atoms with van der Waals surface area (Å²) in [5, 5.41) is 3.25. The number of hydrogen-bond acceptors (Lipinski definition) is 3. The van der Waals surface area contributed by atoms with Crippen LogP contribution in [0.1, 0.15) is 45.6 Å². The predicted molar refractivity (Wildman–Crippen MR) is 96.2 cm³/mol. The van der Waals surface area contributed by atoms with E-state index in [0.717, 1.165) is 17.9 Å². The number of ether oxygens (including phenoxy) is 2. The second-order valence-electron chi connectivity index (χ2n) is 6.22. The fraction of sp³-hybridized carbons (Fsp3) is 0.611. The minimum atomic E-state index is 0.324. The molecular formula is C18H31N3O2. The Kier molecular flexibility index (Phi) is 8.30. The molecule has 0 saturated carbocycles. The molecule has 0 radical (unpaired) electrons. The molecule has 0 spiro atoms. The number of hydrogen-bond donors (Lipinski definition) is 2. The highest BCUT2D eigenvalue weighted by Crippen LogP contribution is 2.30. The van der Waals surface area contributed by atoms with Crippen molar-refractivity contribution in [1.29, 1.82) is 0 Å². The van der Waals surface area contributed by atoms with E-state index in [2.05, 4.69) is 31.1 Å². The van der Waals surface area contributed by atoms with E-state index in [1.165, 1.54) is 12.8 Å². The molecular weight excluding hydrogens is 290 g/mol. The van der Waals surface area contributed by atoms with Crippen LogP contribution in [0.3, 0.4) is 0 Å². The molecule has 0 amide bonds. The minimum Gasteiger partial charge on any atom is -0.493 e. The number of methoxy groups -OCH3 is 2. The van der Waals surface area contributed by atoms with Gasteiger partial charge in [-0.15, -0.1) is 0 Å². The van der Waals surface area contributed by atoms with E-state index in [1.807, 2.05) is 18.2 Å². The van der Waals surface area contributed by atoms with Crippen molar-refractivity contribution >= 4 is 5.96 Å². The fourth-order valence-corrected chi connectivity index (χ4v) is 2.45. The second kappa shape index (κ2) is 9.98. The Hall–Kier alpha value is -1.91. The van der Waals surface area contributed by atoms with Gasteiger partial charge in [0.2, 0.25) is 0 Å². The summed E-state index contributed by atoms with van der Waals surface area (Å²) in [6.07, 6.45) is 3.53. The van der Waals surface area contributed by atoms with Crippen LogP contribution in [0.2, 0.25) is 0 Å². The van der Waals surface area contributed by atoms with Gasteiger partial charge >= 0.3 is 0 Å². The van der Waals surface area contributed by atoms with Crippen LogP contribution in [-0.4, -0.2) is 26.2 Å². The zero-order chi connectivity index (χ0) is 17.2. The fourth-order valence-electron chi connectivity index (χ4n) is 2.45. The summed E-state index contributed by atoms with van der Waals surface area (Å²) in [5.74, 6) is 2.62. The maximum Gasteiger partial charge on any atom is 0.189 e. The van der Waals surface area contributed by atoms with Gasteiger partial charge in [-0.25, -0.2) is 4.99 Å². The standard InChI is InChI=1S/C18H31N3O2/c1-13(2)8-6-9-14(3)21-18(19)20-12-15-10-7-11-16(22-4)17(15)23-5/h7,10-11,13-14H,6,8-9,12H2,1-5H3,(H3,19,20,21). The van der Waals surface area contributed by atoms with Gasteiger partial charge in [0.15, 0.2) is 17.5 Å². The van der Waals surface area contributed by atoms with Gasteiger partial charge in [-0.2, -0.15) is 0 Å². The Labute approximate surface area is 140 Å². The van der Waals surface area contributed by atoms with E-state index in [-0.39, 0.29) is 0 Å². The van der Waals surface area contributed by atoms with Crippen molar-refractivity contribution in [2.45, 2.75) is 52.6 Å². The Morgan fingerprint density at radius 2 is 1.91 bits per heavy atom. The number of para-hydroxylation sites is 1. The Morgan fingerprint density at radius 1 is 1.17 bits per heavy atom. The topological polar surface area (TPSA) is 68.9 Å². The van der Waals surface area contributed by atoms with Gasteiger partial charge in [0, 0.05) is 11.6 Å². The van der Waals surface area contributed by atoms with Crippen LogP contribution in [0.4, 0.5) is 0 Å². The predicted octanol–water partition coefficient (Wildman–Crippen LogP) is 3.32. The van der Waals surface area contributed by atoms with Gasteiger partial charge in [-0.05, 0) is 25.3 Å². The SMILES string of the molecule is COc1cccc(CN=C(N)NC(C)CCCC(C)C)c1OC. The average molecular weight is 321 g/mol. The molecule has 5 heteroatoms. The Morgan fingerprint density at radius 3 is 2.52 bits per heavy atom. The van der Waals surface area contributed by atoms with Crippen molar-refractivity contribution in [3.8, 4) is 11.5 Å². The highest BCUT2D eigenvalue weighted by Gasteiger charge is 2.09. The number of rotatable bonds is 9. The molecule has 5 nitrogen and oxygen atoms in total. The Balaban J connectivity index is 2.56. The van der Waals surface area contributed by atoms with E-state index < -0.39 is 0 Å². The molecule has 1 atom stereocenters. The maximum atomic E-state index is 5.98. The van der Waals surface area contributed by atoms with E-state index in [1.54, 1.807) is 14.2 Å². The summed E-state index contributed by atoms with van der Waals surface area (Å²) in [6.45, 7) is 7.08. The quantitative estimate of drug-likeness (QED) is 0.541. The van der Waals surface area contributed by atoms with Crippen LogP contribution in [0, 0.1) is 5.92 Å². The largest absolute Gasteiger partial charge is 0.493 e. The first-order chi connectivity index (χ1) is 11.0. The summed E-state index contributed by atoms with van der Waals surface area (Å²) in [5.41, 5.74) is 6.93. The second-order valence-corrected chi connectivity index (χ2v) is 6.22. The van der Waals surface area contributed by atoms with Crippen molar-refractivity contribution in [1.82, 2.24) is 5.32 Å². The number of aliphatic imine (C=N–C) groups is 1. The number of nitrogens with zero attached hydrogens (tertiary/aromatic N) is 1. The smallest absolute Gasteiger partial charge is 0.189 e. The molecule has 0 bridgehead atoms. The van der Waals surface area contributed by atoms with Crippen LogP contribution < -0.4 is 20.5 Å². The van der Waals surface area contributed by atoms with E-state index >= 15 is 0 Å². The van der Waals surface area contributed by atoms with Gasteiger partial charge < -0.3 is 20.5 Å². The zero-order valence-electron chi connectivity index (χ0n) is 15.1. The first kappa shape index (κ1) is 19.1. The summed E-state index contributed by atoms with van der Waals surface area (Å²) in [6, 6.07) is 6.07. The summed E-state index contributed by atoms with van der Waals surface area (Å²) in [7, 11) is 3.25. The van der Waals surface area contributed by atoms with Crippen LogP contribution in [0.5, 0.6) is 11.5 Å². The van der Waals surface area contributed by atoms with Gasteiger partial charge in [0.05, 0.1) is 20.8 Å². The van der Waals surface area contributed by atoms with Crippen LogP contribution >= 0.6 is 0 Å². The molecule has 3 N–H and O–H groups in total. The third kappa shape index (κ3) is 6.80. The summed E-state index contributed by atoms with van der Waals surface area (Å²) in [4.78, 5) is 4.41. The lowest BCUT2D eigenvalue weighted by atomic mass is 10.0. The normalized spacial score (nSPS) is 13.0. The third-order valence-corrected chi connectivity index (χ3v) is 3.72. The van der Waals surface area contributed by atoms with Gasteiger partial charge in [0.1, 0.15) is 0 Å². The average Bonchev–Trinajstić information content (AvgIpc) is 2.51. The molecule has 0 aromatic heterocycles. The molecule has 0 heterocycles. The van der Waals surface area contributed by atoms with Crippen molar-refractivity contribution in [3.63, 3.8) is 0 Å². The third-order valence-electron chi connectivity index (χ3n) is 3.72. The van der Waals surface area contributed by atoms with E-state index in [9.17, 15) is 0 Å². The molecule has 0 aliphatic carbocycles. The van der Waals surface area contributed by atoms with E-state index in [4.69, 9.17) is 15.2 Å². The molecule has 23 heavy (non-hydrogen) atoms. The lowest BCUT2D eigenvalue weighted by Gasteiger charge is -2.15. The van der Waals surface area contributed by atoms with Gasteiger partial charge in [0.25, 0.3) is 0 Å². The first-order valence-corrected chi connectivity index (χ1v) is 8.24. The minimum absolute atomic E-state index is 0.324. The van der Waals surface area contributed by atoms with Gasteiger partial charge in [-0.3, -0.25) is 0 Å². The summed E-state index contributed by atoms with van der Waals surface area (Å²) >= 11 is 0. The molecule has 0 saturated heterocycles. The number of nitrogens with one attached hydrogen (secondary N) is 1. The van der Waals surface area contributed by atoms with E-state index in [0.29, 0.717) is 30.0 Å². The lowest BCUT2D eigenvalue weighted by molar-refractivity contribution is 0.352. The number of nitrogens with two attached hydrogens (primary N) is 1. The van der Waals surface area contributed by atoms with Crippen molar-refractivity contribution in [2.75, 3.05) is 14.2 Å². The molecule has 0 fully saturated rings. The van der Waals surface area contributed by atoms with Crippen molar-refractivity contribution < 1.29 is 9.47 Å². The first-order valence-electron chi connectivity index (χ1n) is 8.24. The monoisotopic (exact) mass is 321 g/mol. The van der Waals surface area contributed by atoms with Crippen molar-refractivity contribution in [2.24, 2.45) is 16.6 Å². The zero-order valence-corrected chi connectivity index (χ0v) is 15.1. The molecule has 1 unspecified atom stereocenters. The summed E-state index contributed by atoms with van der Waals surface area (Å²) < 4.78 is 10.7. The molecule has 1 rings (SSSR count). The molecule has 130 valence electrons. The maximum absolute atomic E-state index is 5.98. The van der Waals surface area contributed by atoms with Crippen LogP contribution in [0.25, 0.3) is 0 Å².